The zero-order chi connectivity index (χ0) is 11.3. The molecule has 1 aromatic rings. The number of pyridine rings is 1. The Morgan fingerprint density at radius 3 is 2.87 bits per heavy atom. The number of rotatable bonds is 4. The molecule has 1 N–H and O–H groups in total. The van der Waals surface area contributed by atoms with E-state index >= 15 is 0 Å². The van der Waals surface area contributed by atoms with Gasteiger partial charge in [0.15, 0.2) is 0 Å². The Labute approximate surface area is 93.6 Å². The fourth-order valence-corrected chi connectivity index (χ4v) is 1.04. The highest BCUT2D eigenvalue weighted by Gasteiger charge is 2.07. The molecule has 15 heavy (non-hydrogen) atoms. The number of nitrogens with zero attached hydrogens (tertiary/aromatic N) is 1. The van der Waals surface area contributed by atoms with Gasteiger partial charge < -0.3 is 10.1 Å². The molecular formula is C10H13ClN2O2. The van der Waals surface area contributed by atoms with Gasteiger partial charge in [-0.05, 0) is 12.5 Å². The van der Waals surface area contributed by atoms with E-state index in [1.807, 2.05) is 6.07 Å². The number of methoxy groups -OCH3 is 1. The van der Waals surface area contributed by atoms with Gasteiger partial charge in [-0.15, -0.1) is 11.6 Å². The minimum Gasteiger partial charge on any atom is -0.481 e. The number of amides is 1. The van der Waals surface area contributed by atoms with Crippen LogP contribution in [0.15, 0.2) is 18.3 Å². The molecule has 0 saturated heterocycles. The molecule has 1 unspecified atom stereocenters. The second-order valence-corrected chi connectivity index (χ2v) is 3.70. The van der Waals surface area contributed by atoms with Crippen LogP contribution in [0.3, 0.4) is 0 Å². The first-order valence-electron chi connectivity index (χ1n) is 4.54. The van der Waals surface area contributed by atoms with Crippen molar-refractivity contribution >= 4 is 17.5 Å². The summed E-state index contributed by atoms with van der Waals surface area (Å²) >= 11 is 5.59. The maximum Gasteiger partial charge on any atom is 0.238 e. The number of carbonyl (C=O) groups is 1. The van der Waals surface area contributed by atoms with E-state index in [0.29, 0.717) is 12.4 Å². The van der Waals surface area contributed by atoms with Crippen LogP contribution < -0.4 is 10.1 Å². The van der Waals surface area contributed by atoms with Crippen molar-refractivity contribution in [3.8, 4) is 5.88 Å². The largest absolute Gasteiger partial charge is 0.481 e. The fraction of sp³-hybridized carbons (Fsp3) is 0.400. The molecule has 0 saturated carbocycles. The zero-order valence-corrected chi connectivity index (χ0v) is 9.41. The summed E-state index contributed by atoms with van der Waals surface area (Å²) in [5, 5.41) is 2.17. The zero-order valence-electron chi connectivity index (χ0n) is 8.66. The number of halogens is 1. The van der Waals surface area contributed by atoms with Crippen molar-refractivity contribution in [1.29, 1.82) is 0 Å². The molecule has 1 amide bonds. The molecule has 0 aromatic carbocycles. The van der Waals surface area contributed by atoms with Crippen LogP contribution in [0.25, 0.3) is 0 Å². The Hall–Kier alpha value is -1.29. The summed E-state index contributed by atoms with van der Waals surface area (Å²) < 4.78 is 4.91. The average molecular weight is 229 g/mol. The monoisotopic (exact) mass is 228 g/mol. The third-order valence-electron chi connectivity index (χ3n) is 1.83. The second-order valence-electron chi connectivity index (χ2n) is 3.04. The molecule has 1 heterocycles. The summed E-state index contributed by atoms with van der Waals surface area (Å²) in [6.07, 6.45) is 1.65. The lowest BCUT2D eigenvalue weighted by Gasteiger charge is -2.06. The molecule has 0 fully saturated rings. The van der Waals surface area contributed by atoms with Gasteiger partial charge in [0.1, 0.15) is 5.38 Å². The van der Waals surface area contributed by atoms with Crippen LogP contribution in [0.1, 0.15) is 12.5 Å². The van der Waals surface area contributed by atoms with Gasteiger partial charge in [-0.1, -0.05) is 6.07 Å². The molecular weight excluding hydrogens is 216 g/mol. The summed E-state index contributed by atoms with van der Waals surface area (Å²) in [4.78, 5) is 15.2. The number of hydrogen-bond donors (Lipinski definition) is 1. The first kappa shape index (κ1) is 11.8. The molecule has 0 aliphatic carbocycles. The van der Waals surface area contributed by atoms with Gasteiger partial charge in [-0.25, -0.2) is 4.98 Å². The predicted molar refractivity (Wildman–Crippen MR) is 58.0 cm³/mol. The molecule has 5 heteroatoms. The van der Waals surface area contributed by atoms with E-state index in [-0.39, 0.29) is 5.91 Å². The van der Waals surface area contributed by atoms with Gasteiger partial charge in [0.2, 0.25) is 11.8 Å². The summed E-state index contributed by atoms with van der Waals surface area (Å²) in [5.74, 6) is 0.364. The van der Waals surface area contributed by atoms with Crippen LogP contribution >= 0.6 is 11.6 Å². The maximum absolute atomic E-state index is 11.2. The summed E-state index contributed by atoms with van der Waals surface area (Å²) in [7, 11) is 1.55. The van der Waals surface area contributed by atoms with E-state index < -0.39 is 5.38 Å². The van der Waals surface area contributed by atoms with Crippen LogP contribution in [-0.2, 0) is 11.3 Å². The van der Waals surface area contributed by atoms with E-state index in [2.05, 4.69) is 10.3 Å². The Morgan fingerprint density at radius 1 is 1.67 bits per heavy atom. The maximum atomic E-state index is 11.2. The third kappa shape index (κ3) is 3.75. The molecule has 1 rings (SSSR count). The number of ether oxygens (including phenoxy) is 1. The van der Waals surface area contributed by atoms with Crippen molar-refractivity contribution in [2.24, 2.45) is 0 Å². The first-order chi connectivity index (χ1) is 7.13. The lowest BCUT2D eigenvalue weighted by molar-refractivity contribution is -0.120. The molecule has 0 aliphatic heterocycles. The topological polar surface area (TPSA) is 51.2 Å². The lowest BCUT2D eigenvalue weighted by atomic mass is 10.3. The average Bonchev–Trinajstić information content (AvgIpc) is 2.26. The van der Waals surface area contributed by atoms with Crippen LogP contribution in [-0.4, -0.2) is 23.4 Å². The molecule has 82 valence electrons. The molecule has 0 spiro atoms. The van der Waals surface area contributed by atoms with E-state index in [1.165, 1.54) is 0 Å². The van der Waals surface area contributed by atoms with E-state index in [9.17, 15) is 4.79 Å². The summed E-state index contributed by atoms with van der Waals surface area (Å²) in [5.41, 5.74) is 0.904. The number of aromatic nitrogens is 1. The van der Waals surface area contributed by atoms with Gasteiger partial charge >= 0.3 is 0 Å². The second kappa shape index (κ2) is 5.56. The Morgan fingerprint density at radius 2 is 2.40 bits per heavy atom. The SMILES string of the molecule is COc1ccc(CNC(=O)C(C)Cl)cn1. The Kier molecular flexibility index (Phi) is 4.37. The minimum atomic E-state index is -0.517. The molecule has 0 aliphatic rings. The molecule has 1 atom stereocenters. The van der Waals surface area contributed by atoms with Gasteiger partial charge in [-0.2, -0.15) is 0 Å². The van der Waals surface area contributed by atoms with Crippen LogP contribution in [0, 0.1) is 0 Å². The molecule has 1 aromatic heterocycles. The number of alkyl halides is 1. The van der Waals surface area contributed by atoms with Gasteiger partial charge in [0.05, 0.1) is 7.11 Å². The normalized spacial score (nSPS) is 11.9. The highest BCUT2D eigenvalue weighted by atomic mass is 35.5. The highest BCUT2D eigenvalue weighted by molar-refractivity contribution is 6.30. The fourth-order valence-electron chi connectivity index (χ4n) is 0.966. The Bertz CT molecular complexity index is 325. The van der Waals surface area contributed by atoms with Gasteiger partial charge in [0, 0.05) is 18.8 Å². The quantitative estimate of drug-likeness (QED) is 0.792. The summed E-state index contributed by atoms with van der Waals surface area (Å²) in [6.45, 7) is 2.05. The third-order valence-corrected chi connectivity index (χ3v) is 2.03. The minimum absolute atomic E-state index is 0.188. The standard InChI is InChI=1S/C10H13ClN2O2/c1-7(11)10(14)13-6-8-3-4-9(15-2)12-5-8/h3-5,7H,6H2,1-2H3,(H,13,14). The van der Waals surface area contributed by atoms with E-state index in [1.54, 1.807) is 26.3 Å². The number of hydrogen-bond acceptors (Lipinski definition) is 3. The van der Waals surface area contributed by atoms with Crippen molar-refractivity contribution < 1.29 is 9.53 Å². The molecule has 0 bridgehead atoms. The van der Waals surface area contributed by atoms with Crippen molar-refractivity contribution in [1.82, 2.24) is 10.3 Å². The number of carbonyl (C=O) groups excluding carboxylic acids is 1. The first-order valence-corrected chi connectivity index (χ1v) is 4.98. The van der Waals surface area contributed by atoms with Crippen LogP contribution in [0.2, 0.25) is 0 Å². The van der Waals surface area contributed by atoms with Gasteiger partial charge in [-0.3, -0.25) is 4.79 Å². The summed E-state index contributed by atoms with van der Waals surface area (Å²) in [6, 6.07) is 3.58. The van der Waals surface area contributed by atoms with Crippen molar-refractivity contribution in [2.45, 2.75) is 18.8 Å². The van der Waals surface area contributed by atoms with E-state index in [4.69, 9.17) is 16.3 Å². The highest BCUT2D eigenvalue weighted by Crippen LogP contribution is 2.06. The smallest absolute Gasteiger partial charge is 0.238 e. The van der Waals surface area contributed by atoms with Crippen LogP contribution in [0.5, 0.6) is 5.88 Å². The van der Waals surface area contributed by atoms with E-state index in [0.717, 1.165) is 5.56 Å². The van der Waals surface area contributed by atoms with Crippen molar-refractivity contribution in [3.63, 3.8) is 0 Å². The van der Waals surface area contributed by atoms with Gasteiger partial charge in [0.25, 0.3) is 0 Å². The molecule has 0 radical (unpaired) electrons. The predicted octanol–water partition coefficient (Wildman–Crippen LogP) is 1.33. The lowest BCUT2D eigenvalue weighted by Crippen LogP contribution is -2.29. The van der Waals surface area contributed by atoms with Crippen molar-refractivity contribution in [3.05, 3.63) is 23.9 Å². The van der Waals surface area contributed by atoms with Crippen LogP contribution in [0.4, 0.5) is 0 Å². The Balaban J connectivity index is 2.47. The van der Waals surface area contributed by atoms with Crippen molar-refractivity contribution in [2.75, 3.05) is 7.11 Å². The molecule has 4 nitrogen and oxygen atoms in total. The number of nitrogens with one attached hydrogen (secondary N) is 1.